The molecule has 0 aliphatic carbocycles. The maximum atomic E-state index is 11.3. The fourth-order valence-electron chi connectivity index (χ4n) is 2.93. The van der Waals surface area contributed by atoms with E-state index in [1.54, 1.807) is 0 Å². The highest BCUT2D eigenvalue weighted by atomic mass is 31.2. The summed E-state index contributed by atoms with van der Waals surface area (Å²) in [4.78, 5) is 25.7. The predicted octanol–water partition coefficient (Wildman–Crippen LogP) is 6.85. The maximum Gasteiger partial charge on any atom is 0.306 e. The molecule has 9 heteroatoms. The average molecular weight is 534 g/mol. The Morgan fingerprint density at radius 1 is 0.917 bits per heavy atom. The number of carbonyl (C=O) groups excluding carboxylic acids is 2. The standard InChI is InChI=1S/C14H29N2O2P.C12H23NO3.CH4/c1-8-14(6)11-18-19(17-10-9-15-7)16(12(2)3)13(4)5;1-4-10(5-2)9-16-12(15)8-7-11(14)13-6-3;/h12-14H,8-11H2,1-6H3;10H,4-9H2,1-3H3,(H,13,14);1H4. The van der Waals surface area contributed by atoms with Gasteiger partial charge in [-0.15, -0.1) is 0 Å². The molecule has 0 aliphatic heterocycles. The summed E-state index contributed by atoms with van der Waals surface area (Å²) in [5.74, 6) is 0.601. The smallest absolute Gasteiger partial charge is 0.306 e. The average Bonchev–Trinajstić information content (AvgIpc) is 2.81. The monoisotopic (exact) mass is 533 g/mol. The van der Waals surface area contributed by atoms with Crippen molar-refractivity contribution in [3.63, 3.8) is 0 Å². The molecule has 0 fully saturated rings. The molecule has 2 unspecified atom stereocenters. The number of rotatable bonds is 18. The first-order chi connectivity index (χ1) is 16.6. The van der Waals surface area contributed by atoms with Crippen LogP contribution in [-0.4, -0.2) is 61.5 Å². The molecule has 0 radical (unpaired) electrons. The van der Waals surface area contributed by atoms with Crippen LogP contribution in [0.3, 0.4) is 0 Å². The Bertz CT molecular complexity index is 572. The van der Waals surface area contributed by atoms with Crippen LogP contribution in [0.1, 0.15) is 102 Å². The molecule has 0 rings (SSSR count). The zero-order valence-corrected chi connectivity index (χ0v) is 24.7. The molecule has 0 aromatic carbocycles. The zero-order chi connectivity index (χ0) is 27.2. The molecule has 8 nitrogen and oxygen atoms in total. The number of ether oxygens (including phenoxy) is 1. The summed E-state index contributed by atoms with van der Waals surface area (Å²) in [6.45, 7) is 28.4. The summed E-state index contributed by atoms with van der Waals surface area (Å²) < 4.78 is 19.2. The van der Waals surface area contributed by atoms with Crippen molar-refractivity contribution < 1.29 is 23.4 Å². The van der Waals surface area contributed by atoms with Gasteiger partial charge in [0.25, 0.3) is 8.53 Å². The quantitative estimate of drug-likeness (QED) is 0.0898. The minimum atomic E-state index is -1.06. The lowest BCUT2D eigenvalue weighted by atomic mass is 10.1. The highest BCUT2D eigenvalue weighted by Crippen LogP contribution is 2.46. The molecule has 214 valence electrons. The summed E-state index contributed by atoms with van der Waals surface area (Å²) in [6, 6.07) is 0.743. The number of nitrogens with one attached hydrogen (secondary N) is 1. The molecule has 0 saturated heterocycles. The van der Waals surface area contributed by atoms with E-state index < -0.39 is 8.53 Å². The number of hydrogen-bond acceptors (Lipinski definition) is 6. The molecule has 0 spiro atoms. The van der Waals surface area contributed by atoms with Crippen LogP contribution < -0.4 is 5.32 Å². The normalized spacial score (nSPS) is 12.4. The lowest BCUT2D eigenvalue weighted by Gasteiger charge is -2.35. The summed E-state index contributed by atoms with van der Waals surface area (Å²) in [7, 11) is -1.06. The first-order valence-corrected chi connectivity index (χ1v) is 14.3. The van der Waals surface area contributed by atoms with E-state index in [-0.39, 0.29) is 32.1 Å². The molecule has 0 aliphatic rings. The molecular formula is C27H56N3O5P. The van der Waals surface area contributed by atoms with Gasteiger partial charge >= 0.3 is 5.97 Å². The molecule has 0 aromatic heterocycles. The molecule has 0 heterocycles. The van der Waals surface area contributed by atoms with Crippen molar-refractivity contribution in [2.75, 3.05) is 32.9 Å². The summed E-state index contributed by atoms with van der Waals surface area (Å²) >= 11 is 0. The van der Waals surface area contributed by atoms with Crippen molar-refractivity contribution in [3.8, 4) is 0 Å². The highest BCUT2D eigenvalue weighted by molar-refractivity contribution is 7.44. The summed E-state index contributed by atoms with van der Waals surface area (Å²) in [5.41, 5.74) is 0. The third-order valence-corrected chi connectivity index (χ3v) is 7.46. The van der Waals surface area contributed by atoms with Gasteiger partial charge in [0.05, 0.1) is 19.6 Å². The molecule has 0 bridgehead atoms. The van der Waals surface area contributed by atoms with Crippen molar-refractivity contribution in [3.05, 3.63) is 11.4 Å². The lowest BCUT2D eigenvalue weighted by Crippen LogP contribution is -2.34. The number of carbonyl (C=O) groups is 2. The van der Waals surface area contributed by atoms with Gasteiger partial charge < -0.3 is 23.9 Å². The topological polar surface area (TPSA) is 81.5 Å². The predicted molar refractivity (Wildman–Crippen MR) is 152 cm³/mol. The van der Waals surface area contributed by atoms with Gasteiger partial charge in [-0.05, 0) is 46.5 Å². The van der Waals surface area contributed by atoms with E-state index in [1.165, 1.54) is 0 Å². The first kappa shape index (κ1) is 39.3. The van der Waals surface area contributed by atoms with Gasteiger partial charge in [0.15, 0.2) is 0 Å². The van der Waals surface area contributed by atoms with Gasteiger partial charge in [-0.2, -0.15) is 0 Å². The van der Waals surface area contributed by atoms with E-state index >= 15 is 0 Å². The van der Waals surface area contributed by atoms with E-state index in [0.717, 1.165) is 25.9 Å². The Morgan fingerprint density at radius 2 is 1.50 bits per heavy atom. The van der Waals surface area contributed by atoms with Crippen molar-refractivity contribution in [1.82, 2.24) is 9.99 Å². The number of esters is 1. The number of nitrogens with zero attached hydrogens (tertiary/aromatic N) is 2. The maximum absolute atomic E-state index is 11.3. The zero-order valence-electron chi connectivity index (χ0n) is 23.8. The summed E-state index contributed by atoms with van der Waals surface area (Å²) in [6.07, 6.45) is 3.52. The Morgan fingerprint density at radius 3 is 1.94 bits per heavy atom. The minimum Gasteiger partial charge on any atom is -0.465 e. The van der Waals surface area contributed by atoms with Crippen molar-refractivity contribution in [2.45, 2.75) is 114 Å². The third kappa shape index (κ3) is 20.9. The van der Waals surface area contributed by atoms with Crippen LogP contribution in [0.15, 0.2) is 0 Å². The van der Waals surface area contributed by atoms with E-state index in [4.69, 9.17) is 20.4 Å². The van der Waals surface area contributed by atoms with Crippen LogP contribution in [0.2, 0.25) is 0 Å². The fourth-order valence-corrected chi connectivity index (χ4v) is 4.64. The Balaban J connectivity index is -0.000000597. The van der Waals surface area contributed by atoms with Crippen LogP contribution in [0.5, 0.6) is 0 Å². The fraction of sp³-hybridized carbons (Fsp3) is 0.889. The second-order valence-corrected chi connectivity index (χ2v) is 10.6. The summed E-state index contributed by atoms with van der Waals surface area (Å²) in [5, 5.41) is 2.64. The van der Waals surface area contributed by atoms with Gasteiger partial charge in [0.2, 0.25) is 12.5 Å². The largest absolute Gasteiger partial charge is 0.465 e. The second-order valence-electron chi connectivity index (χ2n) is 9.15. The van der Waals surface area contributed by atoms with E-state index in [9.17, 15) is 9.59 Å². The molecule has 2 atom stereocenters. The van der Waals surface area contributed by atoms with E-state index in [2.05, 4.69) is 70.2 Å². The highest BCUT2D eigenvalue weighted by Gasteiger charge is 2.27. The first-order valence-electron chi connectivity index (χ1n) is 13.2. The van der Waals surface area contributed by atoms with Crippen LogP contribution >= 0.6 is 8.53 Å². The second kappa shape index (κ2) is 25.4. The Kier molecular flexibility index (Phi) is 27.7. The Hall–Kier alpha value is -1.26. The van der Waals surface area contributed by atoms with Crippen LogP contribution in [0, 0.1) is 18.4 Å². The van der Waals surface area contributed by atoms with Crippen LogP contribution in [-0.2, 0) is 23.4 Å². The lowest BCUT2D eigenvalue weighted by molar-refractivity contribution is -0.146. The molecule has 1 amide bonds. The number of hydrogen-bond donors (Lipinski definition) is 1. The minimum absolute atomic E-state index is 0. The van der Waals surface area contributed by atoms with Gasteiger partial charge in [-0.25, -0.2) is 11.2 Å². The van der Waals surface area contributed by atoms with Crippen LogP contribution in [0.4, 0.5) is 0 Å². The van der Waals surface area contributed by atoms with Crippen LogP contribution in [0.25, 0.3) is 4.85 Å². The van der Waals surface area contributed by atoms with E-state index in [0.29, 0.717) is 50.2 Å². The molecule has 36 heavy (non-hydrogen) atoms. The third-order valence-electron chi connectivity index (χ3n) is 5.38. The van der Waals surface area contributed by atoms with Crippen molar-refractivity contribution >= 4 is 20.4 Å². The van der Waals surface area contributed by atoms with Gasteiger partial charge in [0.1, 0.15) is 6.61 Å². The molecule has 0 aromatic rings. The van der Waals surface area contributed by atoms with E-state index in [1.807, 2.05) is 6.92 Å². The van der Waals surface area contributed by atoms with Crippen molar-refractivity contribution in [1.29, 1.82) is 0 Å². The Labute approximate surface area is 224 Å². The molecular weight excluding hydrogens is 477 g/mol. The molecule has 0 saturated carbocycles. The SMILES string of the molecule is C.CCNC(=O)CCC(=O)OCC(CC)CC.[C-]#[N+]CCOP(OCC(C)CC)N(C(C)C)C(C)C. The van der Waals surface area contributed by atoms with Gasteiger partial charge in [0, 0.05) is 25.0 Å². The number of amides is 1. The van der Waals surface area contributed by atoms with Gasteiger partial charge in [-0.1, -0.05) is 54.4 Å². The van der Waals surface area contributed by atoms with Crippen molar-refractivity contribution in [2.24, 2.45) is 11.8 Å². The molecule has 1 N–H and O–H groups in total. The van der Waals surface area contributed by atoms with Gasteiger partial charge in [-0.3, -0.25) is 9.59 Å².